The number of halogens is 1. The highest BCUT2D eigenvalue weighted by atomic mass is 35.5. The summed E-state index contributed by atoms with van der Waals surface area (Å²) in [6, 6.07) is 16.7. The quantitative estimate of drug-likeness (QED) is 0.277. The van der Waals surface area contributed by atoms with Crippen LogP contribution >= 0.6 is 11.6 Å². The van der Waals surface area contributed by atoms with E-state index in [1.807, 2.05) is 60.7 Å². The summed E-state index contributed by atoms with van der Waals surface area (Å²) in [6.07, 6.45) is 0. The van der Waals surface area contributed by atoms with E-state index in [0.29, 0.717) is 16.1 Å². The zero-order chi connectivity index (χ0) is 26.2. The van der Waals surface area contributed by atoms with Gasteiger partial charge in [0.25, 0.3) is 0 Å². The van der Waals surface area contributed by atoms with Crippen LogP contribution in [0.3, 0.4) is 0 Å². The number of hydrogen-bond donors (Lipinski definition) is 0. The molecule has 0 bridgehead atoms. The van der Waals surface area contributed by atoms with E-state index in [4.69, 9.17) is 25.6 Å². The van der Waals surface area contributed by atoms with Crippen LogP contribution in [0.1, 0.15) is 9.60 Å². The van der Waals surface area contributed by atoms with Gasteiger partial charge in [-0.05, 0) is 69.4 Å². The first-order valence-corrected chi connectivity index (χ1v) is 9.77. The van der Waals surface area contributed by atoms with E-state index in [2.05, 4.69) is 0 Å². The van der Waals surface area contributed by atoms with Gasteiger partial charge in [-0.1, -0.05) is 78.2 Å². The smallest absolute Gasteiger partial charge is 0.136 e. The molecule has 0 spiro atoms. The lowest BCUT2D eigenvalue weighted by molar-refractivity contribution is 0.669. The molecule has 6 aromatic rings. The Bertz CT molecular complexity index is 1930. The molecule has 5 aromatic carbocycles. The lowest BCUT2D eigenvalue weighted by Gasteiger charge is -2.08. The number of fused-ring (bicyclic) bond motifs is 4. The maximum Gasteiger partial charge on any atom is 0.136 e. The molecule has 1 nitrogen and oxygen atoms in total. The summed E-state index contributed by atoms with van der Waals surface area (Å²) in [5.74, 6) is 0. The van der Waals surface area contributed by atoms with Gasteiger partial charge in [-0.15, -0.1) is 0 Å². The molecular formula is C28H17ClO. The number of furan rings is 1. The van der Waals surface area contributed by atoms with Crippen LogP contribution in [0.2, 0.25) is 5.02 Å². The van der Waals surface area contributed by atoms with Crippen LogP contribution in [0.5, 0.6) is 0 Å². The Balaban J connectivity index is 1.65. The van der Waals surface area contributed by atoms with Gasteiger partial charge in [0.2, 0.25) is 0 Å². The Kier molecular flexibility index (Phi) is 2.61. The molecule has 6 rings (SSSR count). The summed E-state index contributed by atoms with van der Waals surface area (Å²) in [6.45, 7) is 0. The molecule has 1 aromatic heterocycles. The van der Waals surface area contributed by atoms with Crippen molar-refractivity contribution in [2.75, 3.05) is 0 Å². The van der Waals surface area contributed by atoms with Crippen molar-refractivity contribution in [2.45, 2.75) is 0 Å². The highest BCUT2D eigenvalue weighted by Crippen LogP contribution is 2.37. The van der Waals surface area contributed by atoms with E-state index >= 15 is 0 Å². The van der Waals surface area contributed by atoms with E-state index in [1.54, 1.807) is 0 Å². The maximum atomic E-state index is 8.71. The van der Waals surface area contributed by atoms with Crippen LogP contribution < -0.4 is 0 Å². The van der Waals surface area contributed by atoms with E-state index < -0.39 is 12.1 Å². The third-order valence-electron chi connectivity index (χ3n) is 5.23. The van der Waals surface area contributed by atoms with Gasteiger partial charge < -0.3 is 4.42 Å². The lowest BCUT2D eigenvalue weighted by atomic mass is 9.95. The summed E-state index contributed by atoms with van der Waals surface area (Å²) >= 11 is 6.16. The third kappa shape index (κ3) is 2.79. The molecule has 0 amide bonds. The molecule has 0 aliphatic heterocycles. The zero-order valence-corrected chi connectivity index (χ0v) is 16.3. The Morgan fingerprint density at radius 2 is 1.40 bits per heavy atom. The minimum Gasteiger partial charge on any atom is -0.456 e. The summed E-state index contributed by atoms with van der Waals surface area (Å²) in [7, 11) is 0. The molecule has 0 aliphatic rings. The molecule has 0 aliphatic carbocycles. The molecule has 1 heterocycles. The minimum atomic E-state index is -0.442. The Morgan fingerprint density at radius 3 is 2.27 bits per heavy atom. The summed E-state index contributed by atoms with van der Waals surface area (Å²) in [4.78, 5) is 0. The van der Waals surface area contributed by atoms with Gasteiger partial charge in [-0.25, -0.2) is 0 Å². The van der Waals surface area contributed by atoms with Crippen molar-refractivity contribution in [1.29, 1.82) is 0 Å². The average Bonchev–Trinajstić information content (AvgIpc) is 3.30. The van der Waals surface area contributed by atoms with Gasteiger partial charge in [0, 0.05) is 15.8 Å². The Labute approximate surface area is 189 Å². The van der Waals surface area contributed by atoms with Crippen LogP contribution in [0, 0.1) is 0 Å². The maximum absolute atomic E-state index is 8.71. The summed E-state index contributed by atoms with van der Waals surface area (Å²) < 4.78 is 64.2. The fourth-order valence-corrected chi connectivity index (χ4v) is 4.02. The molecule has 2 heteroatoms. The Hall–Kier alpha value is -3.55. The number of benzene rings is 5. The van der Waals surface area contributed by atoms with E-state index in [9.17, 15) is 0 Å². The molecule has 0 atom stereocenters. The monoisotopic (exact) mass is 411 g/mol. The second kappa shape index (κ2) is 6.76. The predicted octanol–water partition coefficient (Wildman–Crippen LogP) is 8.73. The molecule has 0 N–H and O–H groups in total. The molecular weight excluding hydrogens is 388 g/mol. The van der Waals surface area contributed by atoms with Crippen molar-refractivity contribution in [2.24, 2.45) is 0 Å². The largest absolute Gasteiger partial charge is 0.456 e. The first-order valence-electron chi connectivity index (χ1n) is 12.9. The third-order valence-corrected chi connectivity index (χ3v) is 5.47. The lowest BCUT2D eigenvalue weighted by Crippen LogP contribution is -1.83. The average molecular weight is 412 g/mol. The van der Waals surface area contributed by atoms with Crippen LogP contribution in [0.4, 0.5) is 0 Å². The normalized spacial score (nSPS) is 14.8. The summed E-state index contributed by atoms with van der Waals surface area (Å²) in [5, 5.41) is 2.82. The highest BCUT2D eigenvalue weighted by molar-refractivity contribution is 6.30. The van der Waals surface area contributed by atoms with Crippen molar-refractivity contribution >= 4 is 44.3 Å². The van der Waals surface area contributed by atoms with Gasteiger partial charge in [-0.3, -0.25) is 0 Å². The highest BCUT2D eigenvalue weighted by Gasteiger charge is 2.12. The van der Waals surface area contributed by atoms with Crippen LogP contribution in [0.25, 0.3) is 55.0 Å². The van der Waals surface area contributed by atoms with Crippen molar-refractivity contribution < 1.29 is 14.0 Å². The second-order valence-electron chi connectivity index (χ2n) is 7.05. The van der Waals surface area contributed by atoms with Gasteiger partial charge in [0.15, 0.2) is 0 Å². The van der Waals surface area contributed by atoms with Gasteiger partial charge >= 0.3 is 0 Å². The number of hydrogen-bond acceptors (Lipinski definition) is 1. The zero-order valence-electron chi connectivity index (χ0n) is 22.6. The standard InChI is InChI=1S/C28H17ClO/c29-23-6-3-5-18(17-23)19-11-12-21-16-22(14-13-20(21)15-19)24-8-4-10-27-28(24)25-7-1-2-9-26(25)30-27/h1-17H/i1D,2D,4D,7D,8D,9D,10D. The molecule has 0 unspecified atom stereocenters. The second-order valence-corrected chi connectivity index (χ2v) is 7.48. The van der Waals surface area contributed by atoms with Crippen molar-refractivity contribution in [3.8, 4) is 22.3 Å². The number of para-hydroxylation sites is 1. The van der Waals surface area contributed by atoms with E-state index in [1.165, 1.54) is 0 Å². The first kappa shape index (κ1) is 11.6. The van der Waals surface area contributed by atoms with Gasteiger partial charge in [0.05, 0.1) is 9.60 Å². The van der Waals surface area contributed by atoms with Crippen molar-refractivity contribution in [1.82, 2.24) is 0 Å². The van der Waals surface area contributed by atoms with E-state index in [-0.39, 0.29) is 52.2 Å². The van der Waals surface area contributed by atoms with Crippen molar-refractivity contribution in [3.05, 3.63) is 108 Å². The molecule has 0 fully saturated rings. The Morgan fingerprint density at radius 1 is 0.667 bits per heavy atom. The molecule has 0 saturated carbocycles. The molecule has 0 radical (unpaired) electrons. The van der Waals surface area contributed by atoms with Crippen LogP contribution in [-0.4, -0.2) is 0 Å². The van der Waals surface area contributed by atoms with Crippen molar-refractivity contribution in [3.63, 3.8) is 0 Å². The fraction of sp³-hybridized carbons (Fsp3) is 0. The van der Waals surface area contributed by atoms with Crippen LogP contribution in [0.15, 0.2) is 107 Å². The molecule has 142 valence electrons. The van der Waals surface area contributed by atoms with Gasteiger partial charge in [0.1, 0.15) is 11.2 Å². The SMILES string of the molecule is [2H]c1c([2H])c([2H])c2c(oc3c([2H])c([2H])c([2H])c(-c4ccc5cc(-c6cccc(Cl)c6)ccc5c4)c32)c1[2H]. The predicted molar refractivity (Wildman–Crippen MR) is 127 cm³/mol. The number of rotatable bonds is 2. The molecule has 0 saturated heterocycles. The fourth-order valence-electron chi connectivity index (χ4n) is 3.83. The minimum absolute atomic E-state index is 0.0330. The first-order chi connectivity index (χ1) is 17.7. The van der Waals surface area contributed by atoms with Crippen LogP contribution in [-0.2, 0) is 0 Å². The summed E-state index contributed by atoms with van der Waals surface area (Å²) in [5.41, 5.74) is 2.73. The van der Waals surface area contributed by atoms with Gasteiger partial charge in [-0.2, -0.15) is 0 Å². The van der Waals surface area contributed by atoms with E-state index in [0.717, 1.165) is 21.9 Å². The topological polar surface area (TPSA) is 13.1 Å². The molecule has 30 heavy (non-hydrogen) atoms.